The van der Waals surface area contributed by atoms with Crippen LogP contribution in [0.3, 0.4) is 0 Å². The molecular formula is C48H62N6O9. The molecule has 10 atom stereocenters. The van der Waals surface area contributed by atoms with Gasteiger partial charge in [-0.25, -0.2) is 9.59 Å². The molecule has 15 nitrogen and oxygen atoms in total. The first-order chi connectivity index (χ1) is 30.2. The molecule has 338 valence electrons. The lowest BCUT2D eigenvalue weighted by Crippen LogP contribution is -2.81. The van der Waals surface area contributed by atoms with Crippen molar-refractivity contribution in [1.29, 1.82) is 0 Å². The van der Waals surface area contributed by atoms with Crippen molar-refractivity contribution in [2.45, 2.75) is 99.5 Å². The Bertz CT molecular complexity index is 2400. The van der Waals surface area contributed by atoms with Gasteiger partial charge in [0.05, 0.1) is 32.9 Å². The second-order valence-electron chi connectivity index (χ2n) is 19.0. The summed E-state index contributed by atoms with van der Waals surface area (Å²) in [5.74, 6) is -1.59. The topological polar surface area (TPSA) is 175 Å². The van der Waals surface area contributed by atoms with Crippen LogP contribution in [-0.2, 0) is 45.8 Å². The van der Waals surface area contributed by atoms with Gasteiger partial charge in [-0.1, -0.05) is 44.2 Å². The van der Waals surface area contributed by atoms with Gasteiger partial charge in [0.2, 0.25) is 5.60 Å². The number of anilines is 1. The number of piperidine rings is 1. The number of carbonyl (C=O) groups excluding carboxylic acids is 4. The van der Waals surface area contributed by atoms with Crippen molar-refractivity contribution in [3.63, 3.8) is 0 Å². The number of H-pyrrole nitrogens is 1. The van der Waals surface area contributed by atoms with Crippen molar-refractivity contribution in [2.75, 3.05) is 73.0 Å². The lowest BCUT2D eigenvalue weighted by Gasteiger charge is -2.63. The number of hydrogen-bond donors (Lipinski definition) is 4. The number of fused-ring (bicyclic) bond motifs is 6. The van der Waals surface area contributed by atoms with Crippen LogP contribution < -0.4 is 20.3 Å². The first kappa shape index (κ1) is 43.1. The first-order valence-corrected chi connectivity index (χ1v) is 22.4. The summed E-state index contributed by atoms with van der Waals surface area (Å²) in [4.78, 5) is 66.7. The minimum Gasteiger partial charge on any atom is -0.496 e. The van der Waals surface area contributed by atoms with Crippen LogP contribution in [-0.4, -0.2) is 141 Å². The second-order valence-corrected chi connectivity index (χ2v) is 19.0. The number of rotatable bonds is 8. The molecule has 1 unspecified atom stereocenters. The number of aromatic amines is 1. The highest BCUT2D eigenvalue weighted by Crippen LogP contribution is 2.68. The van der Waals surface area contributed by atoms with E-state index in [4.69, 9.17) is 18.9 Å². The zero-order valence-electron chi connectivity index (χ0n) is 37.8. The summed E-state index contributed by atoms with van der Waals surface area (Å²) in [6, 6.07) is 10.7. The lowest BCUT2D eigenvalue weighted by molar-refractivity contribution is -0.228. The van der Waals surface area contributed by atoms with E-state index in [9.17, 15) is 19.5 Å². The quantitative estimate of drug-likeness (QED) is 0.146. The van der Waals surface area contributed by atoms with Gasteiger partial charge in [-0.3, -0.25) is 14.5 Å². The van der Waals surface area contributed by atoms with Crippen molar-refractivity contribution in [3.8, 4) is 5.75 Å². The number of amides is 2. The number of hydrogen-bond acceptors (Lipinski definition) is 12. The summed E-state index contributed by atoms with van der Waals surface area (Å²) in [7, 11) is 7.77. The van der Waals surface area contributed by atoms with E-state index in [0.717, 1.165) is 33.4 Å². The number of likely N-dealkylation sites (N-methyl/N-ethyl adjacent to an activating group) is 1. The minimum absolute atomic E-state index is 0.0966. The summed E-state index contributed by atoms with van der Waals surface area (Å²) in [5.41, 5.74) is -1.40. The molecule has 5 aliphatic heterocycles. The second kappa shape index (κ2) is 15.3. The Hall–Kier alpha value is -5.12. The highest BCUT2D eigenvalue weighted by Gasteiger charge is 2.80. The zero-order valence-corrected chi connectivity index (χ0v) is 37.8. The lowest BCUT2D eigenvalue weighted by atomic mass is 9.47. The van der Waals surface area contributed by atoms with Gasteiger partial charge in [0.15, 0.2) is 6.10 Å². The molecule has 4 N–H and O–H groups in total. The molecular weight excluding hydrogens is 805 g/mol. The first-order valence-electron chi connectivity index (χ1n) is 22.4. The van der Waals surface area contributed by atoms with Gasteiger partial charge in [-0.2, -0.15) is 0 Å². The predicted molar refractivity (Wildman–Crippen MR) is 236 cm³/mol. The molecule has 6 heterocycles. The van der Waals surface area contributed by atoms with Crippen molar-refractivity contribution >= 4 is 40.5 Å². The van der Waals surface area contributed by atoms with Gasteiger partial charge in [-0.15, -0.1) is 0 Å². The van der Waals surface area contributed by atoms with Gasteiger partial charge in [0.1, 0.15) is 11.2 Å². The molecule has 3 aromatic rings. The maximum atomic E-state index is 15.5. The number of nitrogens with one attached hydrogen (secondary N) is 3. The van der Waals surface area contributed by atoms with Crippen LogP contribution in [0.1, 0.15) is 75.3 Å². The summed E-state index contributed by atoms with van der Waals surface area (Å²) in [6.07, 6.45) is 6.09. The molecule has 6 aliphatic rings. The number of para-hydroxylation sites is 1. The molecule has 0 radical (unpaired) electrons. The van der Waals surface area contributed by atoms with Crippen molar-refractivity contribution in [2.24, 2.45) is 11.3 Å². The van der Waals surface area contributed by atoms with E-state index in [-0.39, 0.29) is 18.0 Å². The van der Waals surface area contributed by atoms with Gasteiger partial charge in [0.25, 0.3) is 0 Å². The fraction of sp³-hybridized carbons (Fsp3) is 0.583. The Balaban J connectivity index is 1.34. The maximum absolute atomic E-state index is 15.5. The van der Waals surface area contributed by atoms with Crippen LogP contribution in [0, 0.1) is 11.3 Å². The zero-order chi connectivity index (χ0) is 44.9. The normalized spacial score (nSPS) is 35.2. The predicted octanol–water partition coefficient (Wildman–Crippen LogP) is 3.93. The van der Waals surface area contributed by atoms with Gasteiger partial charge >= 0.3 is 23.9 Å². The number of esters is 3. The molecule has 2 amide bonds. The van der Waals surface area contributed by atoms with E-state index in [2.05, 4.69) is 50.5 Å². The number of methoxy groups -OCH3 is 3. The molecule has 2 bridgehead atoms. The standard InChI is InChI=1S/C48H62N6O9/c1-9-44(51-43(58)49-4)24-29-25-47(41(56)61-7,37-31(16-20-53(26-29)27-44)30-14-11-12-15-34(30)50-37)33-22-32-35(23-36(33)60-6)52(5)39-46(32)18-21-54-19-13-17-45(10-2,38(46)54)40(63-28(3)55)48(39,59)42(57)62-8/h11-15,17,22-23,29,38-40,50,59H,9-10,16,18-21,24-27H2,1-8H3,(H2,49,51,58)/t29-,38+,39-,40-,44+,45-,46-,47+,48+/m1/s1. The summed E-state index contributed by atoms with van der Waals surface area (Å²) in [5, 5.41) is 20.5. The minimum atomic E-state index is -2.32. The highest BCUT2D eigenvalue weighted by molar-refractivity contribution is 5.95. The smallest absolute Gasteiger partial charge is 0.344 e. The highest BCUT2D eigenvalue weighted by atomic mass is 16.6. The SMILES string of the molecule is CC[C@]1(NC(=O)NC)C[C@H]2CN(CCc3c([nH]c4ccccc34)[C@@](C(=O)OC)(c3cc4c(cc3OC)N(C)[C@H]3[C@@](O)(C(=O)OC)[C@H](OC(C)=O)[C@]5(CC)C=CCN6CC[C@]43[C@@H]65)C2)C1. The van der Waals surface area contributed by atoms with Crippen molar-refractivity contribution in [3.05, 3.63) is 70.9 Å². The number of carbonyl (C=O) groups is 4. The van der Waals surface area contributed by atoms with Crippen LogP contribution in [0.25, 0.3) is 10.9 Å². The molecule has 1 saturated carbocycles. The monoisotopic (exact) mass is 866 g/mol. The molecule has 63 heavy (non-hydrogen) atoms. The van der Waals surface area contributed by atoms with E-state index < -0.39 is 57.4 Å². The van der Waals surface area contributed by atoms with Crippen LogP contribution in [0.2, 0.25) is 0 Å². The van der Waals surface area contributed by atoms with Crippen LogP contribution in [0.5, 0.6) is 5.75 Å². The number of benzene rings is 2. The van der Waals surface area contributed by atoms with Crippen LogP contribution in [0.4, 0.5) is 10.5 Å². The van der Waals surface area contributed by atoms with E-state index in [1.807, 2.05) is 49.2 Å². The largest absolute Gasteiger partial charge is 0.496 e. The van der Waals surface area contributed by atoms with Crippen LogP contribution >= 0.6 is 0 Å². The molecule has 15 heteroatoms. The summed E-state index contributed by atoms with van der Waals surface area (Å²) >= 11 is 0. The number of aromatic nitrogens is 1. The van der Waals surface area contributed by atoms with E-state index in [0.29, 0.717) is 82.6 Å². The van der Waals surface area contributed by atoms with E-state index in [1.54, 1.807) is 14.2 Å². The Morgan fingerprint density at radius 2 is 1.73 bits per heavy atom. The van der Waals surface area contributed by atoms with Crippen molar-refractivity contribution in [1.82, 2.24) is 25.4 Å². The Kier molecular flexibility index (Phi) is 10.5. The average molecular weight is 867 g/mol. The van der Waals surface area contributed by atoms with E-state index >= 15 is 4.79 Å². The van der Waals surface area contributed by atoms with Gasteiger partial charge in [0, 0.05) is 98.0 Å². The molecule has 1 spiro atoms. The molecule has 2 aromatic carbocycles. The van der Waals surface area contributed by atoms with Crippen molar-refractivity contribution < 1.29 is 43.2 Å². The summed E-state index contributed by atoms with van der Waals surface area (Å²) in [6.45, 7) is 8.77. The number of urea groups is 1. The van der Waals surface area contributed by atoms with Crippen LogP contribution in [0.15, 0.2) is 48.6 Å². The third-order valence-electron chi connectivity index (χ3n) is 16.2. The molecule has 9 rings (SSSR count). The number of nitrogens with zero attached hydrogens (tertiary/aromatic N) is 3. The number of ether oxygens (including phenoxy) is 4. The molecule has 2 saturated heterocycles. The Morgan fingerprint density at radius 3 is 2.41 bits per heavy atom. The third kappa shape index (κ3) is 5.80. The third-order valence-corrected chi connectivity index (χ3v) is 16.2. The van der Waals surface area contributed by atoms with Gasteiger partial charge < -0.3 is 49.5 Å². The number of aliphatic hydroxyl groups is 1. The molecule has 3 fully saturated rings. The average Bonchev–Trinajstić information content (AvgIpc) is 3.95. The Labute approximate surface area is 368 Å². The van der Waals surface area contributed by atoms with Gasteiger partial charge in [-0.05, 0) is 74.2 Å². The fourth-order valence-electron chi connectivity index (χ4n) is 14.0. The van der Waals surface area contributed by atoms with E-state index in [1.165, 1.54) is 21.1 Å². The fourth-order valence-corrected chi connectivity index (χ4v) is 14.0. The molecule has 1 aromatic heterocycles. The molecule has 1 aliphatic carbocycles. The summed E-state index contributed by atoms with van der Waals surface area (Å²) < 4.78 is 24.1. The Morgan fingerprint density at radius 1 is 0.968 bits per heavy atom. The maximum Gasteiger partial charge on any atom is 0.344 e.